The van der Waals surface area contributed by atoms with Crippen LogP contribution in [-0.4, -0.2) is 34.9 Å². The molecular weight excluding hydrogens is 393 g/mol. The Balaban J connectivity index is 0.00000280. The first kappa shape index (κ1) is 22.0. The second kappa shape index (κ2) is 8.79. The van der Waals surface area contributed by atoms with Gasteiger partial charge in [0.1, 0.15) is 5.82 Å². The van der Waals surface area contributed by atoms with Crippen molar-refractivity contribution in [3.05, 3.63) is 53.7 Å². The van der Waals surface area contributed by atoms with E-state index in [1.807, 2.05) is 6.92 Å². The molecule has 2 aromatic rings. The van der Waals surface area contributed by atoms with Gasteiger partial charge in [0.15, 0.2) is 0 Å². The highest BCUT2D eigenvalue weighted by molar-refractivity contribution is 5.99. The molecule has 1 fully saturated rings. The van der Waals surface area contributed by atoms with E-state index in [0.29, 0.717) is 18.7 Å². The number of pyridine rings is 1. The maximum Gasteiger partial charge on any atom is 0.416 e. The summed E-state index contributed by atoms with van der Waals surface area (Å²) in [4.78, 5) is 18.9. The second-order valence-electron chi connectivity index (χ2n) is 6.75. The number of halogens is 4. The van der Waals surface area contributed by atoms with Gasteiger partial charge in [0.05, 0.1) is 11.1 Å². The van der Waals surface area contributed by atoms with Gasteiger partial charge in [-0.05, 0) is 56.1 Å². The van der Waals surface area contributed by atoms with Crippen LogP contribution in [0.25, 0.3) is 0 Å². The van der Waals surface area contributed by atoms with E-state index >= 15 is 0 Å². The Morgan fingerprint density at radius 2 is 2.07 bits per heavy atom. The smallest absolute Gasteiger partial charge is 0.340 e. The minimum absolute atomic E-state index is 0. The highest BCUT2D eigenvalue weighted by Gasteiger charge is 2.33. The molecule has 3 N–H and O–H groups in total. The van der Waals surface area contributed by atoms with Gasteiger partial charge >= 0.3 is 6.18 Å². The summed E-state index contributed by atoms with van der Waals surface area (Å²) in [7, 11) is 0. The molecule has 1 aromatic heterocycles. The molecule has 0 spiro atoms. The van der Waals surface area contributed by atoms with Gasteiger partial charge in [-0.2, -0.15) is 13.2 Å². The Kier molecular flexibility index (Phi) is 6.90. The van der Waals surface area contributed by atoms with Gasteiger partial charge in [-0.1, -0.05) is 6.07 Å². The highest BCUT2D eigenvalue weighted by Crippen LogP contribution is 2.32. The summed E-state index contributed by atoms with van der Waals surface area (Å²) in [6.45, 7) is 3.04. The average Bonchev–Trinajstić information content (AvgIpc) is 3.02. The fourth-order valence-corrected chi connectivity index (χ4v) is 3.34. The molecule has 2 unspecified atom stereocenters. The number of carbonyl (C=O) groups is 1. The van der Waals surface area contributed by atoms with Crippen LogP contribution < -0.4 is 11.1 Å². The fraction of sp³-hybridized carbons (Fsp3) is 0.368. The number of nitrogens with two attached hydrogens (primary N) is 1. The first-order valence-corrected chi connectivity index (χ1v) is 8.70. The van der Waals surface area contributed by atoms with Crippen molar-refractivity contribution in [3.8, 4) is 0 Å². The van der Waals surface area contributed by atoms with E-state index in [1.54, 1.807) is 17.0 Å². The Hall–Kier alpha value is -2.32. The van der Waals surface area contributed by atoms with Crippen LogP contribution in [0.15, 0.2) is 42.6 Å². The van der Waals surface area contributed by atoms with Crippen LogP contribution in [0.3, 0.4) is 0 Å². The number of carbonyl (C=O) groups excluding carboxylic acids is 1. The van der Waals surface area contributed by atoms with Crippen LogP contribution in [-0.2, 0) is 6.18 Å². The summed E-state index contributed by atoms with van der Waals surface area (Å²) < 4.78 is 38.8. The number of hydrogen-bond donors (Lipinski definition) is 2. The molecule has 2 heterocycles. The zero-order chi connectivity index (χ0) is 19.6. The van der Waals surface area contributed by atoms with Crippen molar-refractivity contribution >= 4 is 29.8 Å². The van der Waals surface area contributed by atoms with E-state index < -0.39 is 11.7 Å². The number of hydrogen-bond acceptors (Lipinski definition) is 4. The number of benzene rings is 1. The lowest BCUT2D eigenvalue weighted by molar-refractivity contribution is -0.137. The normalized spacial score (nSPS) is 19.2. The lowest BCUT2D eigenvalue weighted by Crippen LogP contribution is -2.35. The SMILES string of the molecule is CC1CC(CN)CN1C(=O)c1cccnc1Nc1cccc(C(F)(F)F)c1.Cl. The summed E-state index contributed by atoms with van der Waals surface area (Å²) in [6, 6.07) is 8.10. The summed E-state index contributed by atoms with van der Waals surface area (Å²) in [5.41, 5.74) is 5.49. The third-order valence-corrected chi connectivity index (χ3v) is 4.75. The van der Waals surface area contributed by atoms with Crippen LogP contribution in [0.4, 0.5) is 24.7 Å². The van der Waals surface area contributed by atoms with Crippen LogP contribution in [0, 0.1) is 5.92 Å². The number of nitrogens with one attached hydrogen (secondary N) is 1. The van der Waals surface area contributed by atoms with Gasteiger partial charge in [0, 0.05) is 24.5 Å². The Labute approximate surface area is 167 Å². The maximum atomic E-state index is 13.0. The van der Waals surface area contributed by atoms with Gasteiger partial charge in [0.25, 0.3) is 5.91 Å². The van der Waals surface area contributed by atoms with E-state index in [4.69, 9.17) is 5.73 Å². The molecule has 1 aliphatic heterocycles. The summed E-state index contributed by atoms with van der Waals surface area (Å²) in [5.74, 6) is 0.270. The molecule has 3 rings (SSSR count). The number of amides is 1. The molecular formula is C19H22ClF3N4O. The van der Waals surface area contributed by atoms with Crippen molar-refractivity contribution in [1.82, 2.24) is 9.88 Å². The quantitative estimate of drug-likeness (QED) is 0.791. The lowest BCUT2D eigenvalue weighted by atomic mass is 10.1. The van der Waals surface area contributed by atoms with E-state index in [1.165, 1.54) is 18.3 Å². The van der Waals surface area contributed by atoms with Crippen molar-refractivity contribution in [2.24, 2.45) is 11.7 Å². The molecule has 28 heavy (non-hydrogen) atoms. The molecule has 0 aliphatic carbocycles. The second-order valence-corrected chi connectivity index (χ2v) is 6.75. The molecule has 0 bridgehead atoms. The van der Waals surface area contributed by atoms with Gasteiger partial charge in [0.2, 0.25) is 0 Å². The zero-order valence-corrected chi connectivity index (χ0v) is 16.1. The molecule has 2 atom stereocenters. The van der Waals surface area contributed by atoms with E-state index in [-0.39, 0.29) is 41.8 Å². The van der Waals surface area contributed by atoms with Gasteiger partial charge < -0.3 is 16.0 Å². The van der Waals surface area contributed by atoms with Crippen molar-refractivity contribution in [2.45, 2.75) is 25.6 Å². The minimum Gasteiger partial charge on any atom is -0.340 e. The van der Waals surface area contributed by atoms with Crippen molar-refractivity contribution in [3.63, 3.8) is 0 Å². The average molecular weight is 415 g/mol. The largest absolute Gasteiger partial charge is 0.416 e. The summed E-state index contributed by atoms with van der Waals surface area (Å²) >= 11 is 0. The highest BCUT2D eigenvalue weighted by atomic mass is 35.5. The molecule has 0 saturated carbocycles. The summed E-state index contributed by atoms with van der Waals surface area (Å²) in [6.07, 6.45) is -2.12. The van der Waals surface area contributed by atoms with E-state index in [0.717, 1.165) is 18.6 Å². The number of alkyl halides is 3. The molecule has 5 nitrogen and oxygen atoms in total. The van der Waals surface area contributed by atoms with Crippen molar-refractivity contribution in [2.75, 3.05) is 18.4 Å². The van der Waals surface area contributed by atoms with Crippen molar-refractivity contribution < 1.29 is 18.0 Å². The predicted octanol–water partition coefficient (Wildman–Crippen LogP) is 4.08. The molecule has 0 radical (unpaired) electrons. The number of aromatic nitrogens is 1. The minimum atomic E-state index is -4.44. The lowest BCUT2D eigenvalue weighted by Gasteiger charge is -2.23. The fourth-order valence-electron chi connectivity index (χ4n) is 3.34. The monoisotopic (exact) mass is 414 g/mol. The van der Waals surface area contributed by atoms with Crippen LogP contribution in [0.2, 0.25) is 0 Å². The van der Waals surface area contributed by atoms with Gasteiger partial charge in [-0.15, -0.1) is 12.4 Å². The molecule has 1 saturated heterocycles. The van der Waals surface area contributed by atoms with E-state index in [9.17, 15) is 18.0 Å². The molecule has 9 heteroatoms. The maximum absolute atomic E-state index is 13.0. The Morgan fingerprint density at radius 1 is 1.32 bits per heavy atom. The third kappa shape index (κ3) is 4.74. The third-order valence-electron chi connectivity index (χ3n) is 4.75. The van der Waals surface area contributed by atoms with Gasteiger partial charge in [-0.25, -0.2) is 4.98 Å². The number of anilines is 2. The van der Waals surface area contributed by atoms with Crippen LogP contribution in [0.5, 0.6) is 0 Å². The molecule has 152 valence electrons. The zero-order valence-electron chi connectivity index (χ0n) is 15.2. The first-order valence-electron chi connectivity index (χ1n) is 8.70. The summed E-state index contributed by atoms with van der Waals surface area (Å²) in [5, 5.41) is 2.85. The number of nitrogens with zero attached hydrogens (tertiary/aromatic N) is 2. The van der Waals surface area contributed by atoms with E-state index in [2.05, 4.69) is 10.3 Å². The predicted molar refractivity (Wildman–Crippen MR) is 104 cm³/mol. The Bertz CT molecular complexity index is 831. The Morgan fingerprint density at radius 3 is 2.71 bits per heavy atom. The first-order chi connectivity index (χ1) is 12.8. The number of rotatable bonds is 4. The topological polar surface area (TPSA) is 71.2 Å². The van der Waals surface area contributed by atoms with Crippen LogP contribution >= 0.6 is 12.4 Å². The van der Waals surface area contributed by atoms with Crippen LogP contribution in [0.1, 0.15) is 29.3 Å². The number of likely N-dealkylation sites (tertiary alicyclic amines) is 1. The standard InChI is InChI=1S/C19H21F3N4O.ClH/c1-12-8-13(10-23)11-26(12)18(27)16-6-3-7-24-17(16)25-15-5-2-4-14(9-15)19(20,21)22;/h2-7,9,12-13H,8,10-11,23H2,1H3,(H,24,25);1H. The molecule has 1 amide bonds. The van der Waals surface area contributed by atoms with Crippen molar-refractivity contribution in [1.29, 1.82) is 0 Å². The van der Waals surface area contributed by atoms with Gasteiger partial charge in [-0.3, -0.25) is 4.79 Å². The molecule has 1 aromatic carbocycles. The molecule has 1 aliphatic rings.